The second-order valence-corrected chi connectivity index (χ2v) is 6.24. The molecule has 0 saturated heterocycles. The van der Waals surface area contributed by atoms with Gasteiger partial charge in [0.05, 0.1) is 7.05 Å². The van der Waals surface area contributed by atoms with Gasteiger partial charge in [-0.15, -0.1) is 8.78 Å². The van der Waals surface area contributed by atoms with Crippen LogP contribution in [0.2, 0.25) is 0 Å². The molecule has 0 saturated carbocycles. The highest BCUT2D eigenvalue weighted by atomic mass is 19.3. The van der Waals surface area contributed by atoms with Crippen molar-refractivity contribution in [1.82, 2.24) is 0 Å². The number of carbonyl (C=O) groups excluding carboxylic acids is 2. The van der Waals surface area contributed by atoms with E-state index in [9.17, 15) is 22.8 Å². The number of nitrogens with one attached hydrogen (secondary N) is 3. The monoisotopic (exact) mass is 396 g/mol. The summed E-state index contributed by atoms with van der Waals surface area (Å²) in [5, 5.41) is 5.14. The molecule has 0 aromatic heterocycles. The Labute approximate surface area is 158 Å². The first-order valence-electron chi connectivity index (χ1n) is 8.27. The topological polar surface area (TPSA) is 81.1 Å². The summed E-state index contributed by atoms with van der Waals surface area (Å²) in [7, 11) is 1.64. The molecule has 3 rings (SSSR count). The second-order valence-electron chi connectivity index (χ2n) is 6.24. The molecule has 28 heavy (non-hydrogen) atoms. The molecule has 148 valence electrons. The zero-order valence-electron chi connectivity index (χ0n) is 14.7. The first kappa shape index (κ1) is 19.5. The van der Waals surface area contributed by atoms with Gasteiger partial charge in [-0.3, -0.25) is 9.59 Å². The van der Waals surface area contributed by atoms with Crippen LogP contribution in [0.15, 0.2) is 42.5 Å². The summed E-state index contributed by atoms with van der Waals surface area (Å²) in [6, 6.07) is 9.19. The molecule has 0 fully saturated rings. The van der Waals surface area contributed by atoms with E-state index < -0.39 is 18.0 Å². The van der Waals surface area contributed by atoms with Crippen LogP contribution < -0.4 is 25.0 Å². The Bertz CT molecular complexity index is 890. The molecular weight excluding hydrogens is 379 g/mol. The standard InChI is InChI=1S/C18H16F3N3O4/c1-24(9-16(25)22-12-4-2-11(19)3-5-12)10-17(26)23-13-6-7-14-15(8-13)28-18(20,21)27-14/h2-8H,9-10H2,1H3,(H,22,25)(H,23,26)/p+1. The van der Waals surface area contributed by atoms with Crippen molar-refractivity contribution in [2.45, 2.75) is 6.29 Å². The van der Waals surface area contributed by atoms with Gasteiger partial charge in [-0.05, 0) is 36.4 Å². The summed E-state index contributed by atoms with van der Waals surface area (Å²) >= 11 is 0. The molecule has 1 unspecified atom stereocenters. The van der Waals surface area contributed by atoms with Gasteiger partial charge in [-0.2, -0.15) is 0 Å². The van der Waals surface area contributed by atoms with Crippen molar-refractivity contribution in [3.63, 3.8) is 0 Å². The molecular formula is C18H17F3N3O4+. The molecule has 2 aromatic carbocycles. The fourth-order valence-electron chi connectivity index (χ4n) is 2.58. The number of hydrogen-bond acceptors (Lipinski definition) is 4. The third-order valence-corrected chi connectivity index (χ3v) is 3.74. The summed E-state index contributed by atoms with van der Waals surface area (Å²) in [6.07, 6.45) is -3.73. The van der Waals surface area contributed by atoms with E-state index in [2.05, 4.69) is 20.1 Å². The average molecular weight is 396 g/mol. The summed E-state index contributed by atoms with van der Waals surface area (Å²) in [5.74, 6) is -1.48. The number of quaternary nitrogens is 1. The molecule has 0 spiro atoms. The Balaban J connectivity index is 1.48. The van der Waals surface area contributed by atoms with Gasteiger partial charge in [-0.25, -0.2) is 4.39 Å². The number of benzene rings is 2. The maximum absolute atomic E-state index is 13.0. The molecule has 0 radical (unpaired) electrons. The SMILES string of the molecule is C[NH+](CC(=O)Nc1ccc(F)cc1)CC(=O)Nc1ccc2c(c1)OC(F)(F)O2. The summed E-state index contributed by atoms with van der Waals surface area (Å²) in [6.45, 7) is -0.0421. The van der Waals surface area contributed by atoms with Crippen molar-refractivity contribution >= 4 is 23.2 Å². The van der Waals surface area contributed by atoms with Crippen molar-refractivity contribution in [3.8, 4) is 11.5 Å². The molecule has 1 heterocycles. The van der Waals surface area contributed by atoms with Gasteiger partial charge in [0.2, 0.25) is 0 Å². The average Bonchev–Trinajstić information content (AvgIpc) is 2.89. The number of hydrogen-bond donors (Lipinski definition) is 3. The van der Waals surface area contributed by atoms with E-state index in [1.807, 2.05) is 0 Å². The van der Waals surface area contributed by atoms with E-state index >= 15 is 0 Å². The molecule has 1 aliphatic rings. The Morgan fingerprint density at radius 3 is 2.11 bits per heavy atom. The van der Waals surface area contributed by atoms with Crippen LogP contribution >= 0.6 is 0 Å². The molecule has 1 aliphatic heterocycles. The lowest BCUT2D eigenvalue weighted by Gasteiger charge is -2.14. The summed E-state index contributed by atoms with van der Waals surface area (Å²) in [4.78, 5) is 24.7. The van der Waals surface area contributed by atoms with Gasteiger partial charge in [0, 0.05) is 17.4 Å². The Hall–Kier alpha value is -3.27. The highest BCUT2D eigenvalue weighted by Crippen LogP contribution is 2.42. The molecule has 0 bridgehead atoms. The van der Waals surface area contributed by atoms with Gasteiger partial charge in [0.15, 0.2) is 24.6 Å². The second kappa shape index (κ2) is 7.77. The van der Waals surface area contributed by atoms with Crippen molar-refractivity contribution in [3.05, 3.63) is 48.3 Å². The third kappa shape index (κ3) is 5.13. The normalized spacial score (nSPS) is 15.0. The van der Waals surface area contributed by atoms with E-state index in [0.29, 0.717) is 10.6 Å². The van der Waals surface area contributed by atoms with E-state index in [0.717, 1.165) is 0 Å². The Morgan fingerprint density at radius 2 is 1.46 bits per heavy atom. The highest BCUT2D eigenvalue weighted by Gasteiger charge is 2.43. The fraction of sp³-hybridized carbons (Fsp3) is 0.222. The van der Waals surface area contributed by atoms with Crippen LogP contribution in [0.1, 0.15) is 0 Å². The third-order valence-electron chi connectivity index (χ3n) is 3.74. The number of anilines is 2. The number of likely N-dealkylation sites (N-methyl/N-ethyl adjacent to an activating group) is 1. The molecule has 0 aliphatic carbocycles. The van der Waals surface area contributed by atoms with Gasteiger partial charge < -0.3 is 25.0 Å². The minimum Gasteiger partial charge on any atom is -0.395 e. The molecule has 2 aromatic rings. The van der Waals surface area contributed by atoms with E-state index in [4.69, 9.17) is 0 Å². The number of alkyl halides is 2. The smallest absolute Gasteiger partial charge is 0.395 e. The predicted octanol–water partition coefficient (Wildman–Crippen LogP) is 1.24. The van der Waals surface area contributed by atoms with E-state index in [1.54, 1.807) is 7.05 Å². The van der Waals surface area contributed by atoms with Gasteiger partial charge in [0.25, 0.3) is 11.8 Å². The molecule has 1 atom stereocenters. The lowest BCUT2D eigenvalue weighted by Crippen LogP contribution is -3.11. The van der Waals surface area contributed by atoms with Gasteiger partial charge >= 0.3 is 6.29 Å². The predicted molar refractivity (Wildman–Crippen MR) is 92.9 cm³/mol. The van der Waals surface area contributed by atoms with Crippen LogP contribution in [0.5, 0.6) is 11.5 Å². The fourth-order valence-corrected chi connectivity index (χ4v) is 2.58. The highest BCUT2D eigenvalue weighted by molar-refractivity contribution is 5.93. The number of amides is 2. The minimum absolute atomic E-state index is 0.00183. The Morgan fingerprint density at radius 1 is 0.929 bits per heavy atom. The Kier molecular flexibility index (Phi) is 5.41. The molecule has 3 N–H and O–H groups in total. The van der Waals surface area contributed by atoms with Crippen LogP contribution in [0, 0.1) is 5.82 Å². The molecule has 2 amide bonds. The van der Waals surface area contributed by atoms with Crippen molar-refractivity contribution in [2.75, 3.05) is 30.8 Å². The quantitative estimate of drug-likeness (QED) is 0.687. The number of fused-ring (bicyclic) bond motifs is 1. The van der Waals surface area contributed by atoms with Crippen LogP contribution in [0.3, 0.4) is 0 Å². The van der Waals surface area contributed by atoms with Crippen molar-refractivity contribution in [1.29, 1.82) is 0 Å². The van der Waals surface area contributed by atoms with Crippen LogP contribution in [0.4, 0.5) is 24.5 Å². The number of carbonyl (C=O) groups is 2. The lowest BCUT2D eigenvalue weighted by molar-refractivity contribution is -0.862. The van der Waals surface area contributed by atoms with Gasteiger partial charge in [0.1, 0.15) is 5.82 Å². The molecule has 10 heteroatoms. The first-order valence-corrected chi connectivity index (χ1v) is 8.27. The summed E-state index contributed by atoms with van der Waals surface area (Å²) < 4.78 is 47.5. The van der Waals surface area contributed by atoms with Crippen LogP contribution in [-0.4, -0.2) is 38.2 Å². The zero-order chi connectivity index (χ0) is 20.3. The largest absolute Gasteiger partial charge is 0.586 e. The maximum Gasteiger partial charge on any atom is 0.586 e. The minimum atomic E-state index is -3.73. The number of ether oxygens (including phenoxy) is 2. The van der Waals surface area contributed by atoms with Crippen LogP contribution in [-0.2, 0) is 9.59 Å². The number of halogens is 3. The van der Waals surface area contributed by atoms with Crippen molar-refractivity contribution < 1.29 is 37.1 Å². The molecule has 7 nitrogen and oxygen atoms in total. The summed E-state index contributed by atoms with van der Waals surface area (Å²) in [5.41, 5.74) is 0.703. The van der Waals surface area contributed by atoms with E-state index in [1.165, 1.54) is 42.5 Å². The van der Waals surface area contributed by atoms with Crippen molar-refractivity contribution in [2.24, 2.45) is 0 Å². The van der Waals surface area contributed by atoms with E-state index in [-0.39, 0.29) is 36.2 Å². The number of rotatable bonds is 6. The lowest BCUT2D eigenvalue weighted by atomic mass is 10.2. The van der Waals surface area contributed by atoms with Crippen LogP contribution in [0.25, 0.3) is 0 Å². The zero-order valence-corrected chi connectivity index (χ0v) is 14.7. The maximum atomic E-state index is 13.0. The first-order chi connectivity index (χ1) is 13.2. The van der Waals surface area contributed by atoms with Gasteiger partial charge in [-0.1, -0.05) is 0 Å².